The molecule has 0 unspecified atom stereocenters. The SMILES string of the molecule is COC(C)=O.[Cd]. The Kier molecular flexibility index (Phi) is 8.66. The predicted octanol–water partition coefficient (Wildman–Crippen LogP) is 0.177. The fraction of sp³-hybridized carbons (Fsp3) is 0.667. The maximum Gasteiger partial charge on any atom is 0.302 e. The summed E-state index contributed by atoms with van der Waals surface area (Å²) in [4.78, 5) is 9.59. The van der Waals surface area contributed by atoms with E-state index >= 15 is 0 Å². The first-order valence-corrected chi connectivity index (χ1v) is 1.32. The first kappa shape index (κ1) is 9.63. The fourth-order valence-corrected chi connectivity index (χ4v) is 0. The maximum absolute atomic E-state index is 9.59. The number of esters is 1. The van der Waals surface area contributed by atoms with Crippen molar-refractivity contribution in [1.82, 2.24) is 0 Å². The molecule has 0 saturated carbocycles. The summed E-state index contributed by atoms with van der Waals surface area (Å²) in [7, 11) is 1.35. The number of carbonyl (C=O) groups is 1. The molecule has 0 heterocycles. The van der Waals surface area contributed by atoms with Crippen molar-refractivity contribution in [3.05, 3.63) is 0 Å². The number of hydrogen-bond donors (Lipinski definition) is 0. The number of hydrogen-bond acceptors (Lipinski definition) is 2. The van der Waals surface area contributed by atoms with E-state index in [2.05, 4.69) is 4.74 Å². The van der Waals surface area contributed by atoms with E-state index in [1.54, 1.807) is 0 Å². The Morgan fingerprint density at radius 1 is 1.67 bits per heavy atom. The first-order chi connectivity index (χ1) is 2.27. The van der Waals surface area contributed by atoms with Crippen LogP contribution in [0.1, 0.15) is 6.92 Å². The predicted molar refractivity (Wildman–Crippen MR) is 17.7 cm³/mol. The number of carbonyl (C=O) groups excluding carboxylic acids is 1. The van der Waals surface area contributed by atoms with E-state index in [0.29, 0.717) is 0 Å². The van der Waals surface area contributed by atoms with Gasteiger partial charge in [-0.05, 0) is 0 Å². The number of methoxy groups -OCH3 is 1. The standard InChI is InChI=1S/C3H6O2.Cd/c1-3(4)5-2;/h1-2H3;. The zero-order valence-electron chi connectivity index (χ0n) is 4.02. The summed E-state index contributed by atoms with van der Waals surface area (Å²) >= 11 is 0. The van der Waals surface area contributed by atoms with Gasteiger partial charge >= 0.3 is 5.97 Å². The van der Waals surface area contributed by atoms with Crippen LogP contribution >= 0.6 is 0 Å². The Labute approximate surface area is 57.0 Å². The summed E-state index contributed by atoms with van der Waals surface area (Å²) < 4.78 is 4.11. The summed E-state index contributed by atoms with van der Waals surface area (Å²) in [5.41, 5.74) is 0. The Bertz CT molecular complexity index is 44.1. The van der Waals surface area contributed by atoms with Crippen LogP contribution in [0.5, 0.6) is 0 Å². The molecular weight excluding hydrogens is 180 g/mol. The monoisotopic (exact) mass is 188 g/mol. The van der Waals surface area contributed by atoms with Crippen LogP contribution in [0.4, 0.5) is 0 Å². The van der Waals surface area contributed by atoms with Crippen LogP contribution in [0, 0.1) is 0 Å². The van der Waals surface area contributed by atoms with Crippen molar-refractivity contribution in [2.75, 3.05) is 7.11 Å². The fourth-order valence-electron chi connectivity index (χ4n) is 0. The molecule has 0 amide bonds. The van der Waals surface area contributed by atoms with Crippen molar-refractivity contribution in [3.8, 4) is 0 Å². The van der Waals surface area contributed by atoms with Gasteiger partial charge in [-0.1, -0.05) is 0 Å². The molecule has 0 atom stereocenters. The normalized spacial score (nSPS) is 5.67. The van der Waals surface area contributed by atoms with Gasteiger partial charge in [0.1, 0.15) is 0 Å². The van der Waals surface area contributed by atoms with E-state index in [1.807, 2.05) is 0 Å². The minimum absolute atomic E-state index is 0. The number of rotatable bonds is 0. The molecule has 0 aromatic rings. The van der Waals surface area contributed by atoms with Crippen molar-refractivity contribution < 1.29 is 36.8 Å². The molecule has 0 spiro atoms. The van der Waals surface area contributed by atoms with Gasteiger partial charge in [-0.25, -0.2) is 0 Å². The van der Waals surface area contributed by atoms with E-state index in [9.17, 15) is 4.79 Å². The van der Waals surface area contributed by atoms with Gasteiger partial charge in [0.25, 0.3) is 0 Å². The van der Waals surface area contributed by atoms with Gasteiger partial charge in [0.15, 0.2) is 0 Å². The summed E-state index contributed by atoms with van der Waals surface area (Å²) in [5, 5.41) is 0. The van der Waals surface area contributed by atoms with Crippen LogP contribution in [0.3, 0.4) is 0 Å². The quantitative estimate of drug-likeness (QED) is 0.398. The molecule has 0 fully saturated rings. The van der Waals surface area contributed by atoms with Crippen molar-refractivity contribution in [2.24, 2.45) is 0 Å². The van der Waals surface area contributed by atoms with Gasteiger partial charge in [0.2, 0.25) is 0 Å². The van der Waals surface area contributed by atoms with E-state index in [0.717, 1.165) is 0 Å². The van der Waals surface area contributed by atoms with E-state index in [4.69, 9.17) is 0 Å². The van der Waals surface area contributed by atoms with E-state index in [1.165, 1.54) is 14.0 Å². The minimum atomic E-state index is -0.245. The van der Waals surface area contributed by atoms with Crippen molar-refractivity contribution in [2.45, 2.75) is 6.92 Å². The third-order valence-electron chi connectivity index (χ3n) is 0.287. The van der Waals surface area contributed by atoms with Crippen LogP contribution in [0.2, 0.25) is 0 Å². The topological polar surface area (TPSA) is 26.3 Å². The van der Waals surface area contributed by atoms with Crippen LogP contribution in [-0.4, -0.2) is 13.1 Å². The van der Waals surface area contributed by atoms with E-state index < -0.39 is 0 Å². The summed E-state index contributed by atoms with van der Waals surface area (Å²) in [6, 6.07) is 0. The Morgan fingerprint density at radius 2 is 1.83 bits per heavy atom. The first-order valence-electron chi connectivity index (χ1n) is 1.32. The molecule has 0 aromatic heterocycles. The van der Waals surface area contributed by atoms with Gasteiger partial charge in [-0.15, -0.1) is 0 Å². The Hall–Kier alpha value is 0.392. The van der Waals surface area contributed by atoms with Gasteiger partial charge in [-0.3, -0.25) is 4.79 Å². The van der Waals surface area contributed by atoms with Crippen LogP contribution in [-0.2, 0) is 36.8 Å². The van der Waals surface area contributed by atoms with Gasteiger partial charge in [0, 0.05) is 34.2 Å². The second-order valence-electron chi connectivity index (χ2n) is 0.696. The molecule has 0 saturated heterocycles. The zero-order chi connectivity index (χ0) is 4.28. The molecule has 6 heavy (non-hydrogen) atoms. The summed E-state index contributed by atoms with van der Waals surface area (Å²) in [6.07, 6.45) is 0. The van der Waals surface area contributed by atoms with Crippen LogP contribution < -0.4 is 0 Å². The third kappa shape index (κ3) is 8.83. The smallest absolute Gasteiger partial charge is 0.302 e. The van der Waals surface area contributed by atoms with E-state index in [-0.39, 0.29) is 33.3 Å². The molecule has 0 aromatic carbocycles. The molecular formula is C3H6CdO2. The van der Waals surface area contributed by atoms with Gasteiger partial charge in [0.05, 0.1) is 7.11 Å². The van der Waals surface area contributed by atoms with Crippen LogP contribution in [0.15, 0.2) is 0 Å². The van der Waals surface area contributed by atoms with Crippen molar-refractivity contribution in [1.29, 1.82) is 0 Å². The second-order valence-corrected chi connectivity index (χ2v) is 0.696. The largest absolute Gasteiger partial charge is 0.469 e. The molecule has 2 nitrogen and oxygen atoms in total. The molecule has 0 bridgehead atoms. The Balaban J connectivity index is 0. The zero-order valence-corrected chi connectivity index (χ0v) is 8.06. The molecule has 0 rings (SSSR count). The summed E-state index contributed by atoms with van der Waals surface area (Å²) in [6.45, 7) is 1.36. The molecule has 0 aliphatic heterocycles. The third-order valence-corrected chi connectivity index (χ3v) is 0.287. The Morgan fingerprint density at radius 3 is 1.83 bits per heavy atom. The van der Waals surface area contributed by atoms with Crippen LogP contribution in [0.25, 0.3) is 0 Å². The molecule has 0 aliphatic rings. The minimum Gasteiger partial charge on any atom is -0.469 e. The molecule has 0 aliphatic carbocycles. The average Bonchev–Trinajstić information content (AvgIpc) is 1.38. The van der Waals surface area contributed by atoms with Crippen molar-refractivity contribution >= 4 is 5.97 Å². The van der Waals surface area contributed by atoms with Gasteiger partial charge in [-0.2, -0.15) is 0 Å². The van der Waals surface area contributed by atoms with Crippen molar-refractivity contribution in [3.63, 3.8) is 0 Å². The maximum atomic E-state index is 9.59. The average molecular weight is 186 g/mol. The summed E-state index contributed by atoms with van der Waals surface area (Å²) in [5.74, 6) is -0.245. The van der Waals surface area contributed by atoms with Gasteiger partial charge < -0.3 is 4.74 Å². The molecule has 0 radical (unpaired) electrons. The number of ether oxygens (including phenoxy) is 1. The molecule has 3 heteroatoms. The molecule has 0 N–H and O–H groups in total. The molecule has 32 valence electrons. The second kappa shape index (κ2) is 5.39.